The van der Waals surface area contributed by atoms with Crippen molar-refractivity contribution in [3.63, 3.8) is 0 Å². The summed E-state index contributed by atoms with van der Waals surface area (Å²) in [5.41, 5.74) is 1.38. The molecule has 0 aromatic heterocycles. The van der Waals surface area contributed by atoms with Gasteiger partial charge in [-0.15, -0.1) is 0 Å². The highest BCUT2D eigenvalue weighted by atomic mass is 19.1. The SMILES string of the molecule is O=C(CO/N=C\c1ccc(N2CCOCC2)c([N+](=O)[O-])c1)Nc1ccc(F)cc1. The van der Waals surface area contributed by atoms with Crippen molar-refractivity contribution in [1.29, 1.82) is 0 Å². The lowest BCUT2D eigenvalue weighted by atomic mass is 10.1. The van der Waals surface area contributed by atoms with Gasteiger partial charge in [0.15, 0.2) is 6.61 Å². The molecule has 2 aromatic carbocycles. The smallest absolute Gasteiger partial charge is 0.293 e. The molecule has 1 aliphatic rings. The van der Waals surface area contributed by atoms with Gasteiger partial charge in [0.05, 0.1) is 24.4 Å². The lowest BCUT2D eigenvalue weighted by Gasteiger charge is -2.28. The molecule has 1 saturated heterocycles. The van der Waals surface area contributed by atoms with Crippen LogP contribution in [0.25, 0.3) is 0 Å². The number of morpholine rings is 1. The van der Waals surface area contributed by atoms with Crippen LogP contribution in [-0.4, -0.2) is 50.0 Å². The molecule has 1 N–H and O–H groups in total. The predicted octanol–water partition coefficient (Wildman–Crippen LogP) is 2.56. The number of nitro groups is 1. The van der Waals surface area contributed by atoms with E-state index in [4.69, 9.17) is 9.57 Å². The topological polar surface area (TPSA) is 106 Å². The average Bonchev–Trinajstić information content (AvgIpc) is 2.73. The highest BCUT2D eigenvalue weighted by Gasteiger charge is 2.21. The van der Waals surface area contributed by atoms with Gasteiger partial charge in [0, 0.05) is 30.4 Å². The van der Waals surface area contributed by atoms with E-state index in [0.717, 1.165) is 0 Å². The summed E-state index contributed by atoms with van der Waals surface area (Å²) in [4.78, 5) is 29.6. The lowest BCUT2D eigenvalue weighted by molar-refractivity contribution is -0.384. The van der Waals surface area contributed by atoms with Crippen molar-refractivity contribution in [1.82, 2.24) is 0 Å². The number of nitrogens with one attached hydrogen (secondary N) is 1. The number of ether oxygens (including phenoxy) is 1. The largest absolute Gasteiger partial charge is 0.386 e. The Morgan fingerprint density at radius 3 is 2.69 bits per heavy atom. The molecule has 1 amide bonds. The molecule has 1 aliphatic heterocycles. The molecule has 2 aromatic rings. The second kappa shape index (κ2) is 9.60. The van der Waals surface area contributed by atoms with E-state index in [1.165, 1.54) is 36.5 Å². The Balaban J connectivity index is 1.57. The molecule has 1 heterocycles. The van der Waals surface area contributed by atoms with Crippen LogP contribution in [0.5, 0.6) is 0 Å². The van der Waals surface area contributed by atoms with Gasteiger partial charge in [0.1, 0.15) is 11.5 Å². The number of nitro benzene ring substituents is 1. The molecule has 152 valence electrons. The van der Waals surface area contributed by atoms with E-state index in [9.17, 15) is 19.3 Å². The molecule has 0 aliphatic carbocycles. The van der Waals surface area contributed by atoms with Gasteiger partial charge in [-0.2, -0.15) is 0 Å². The van der Waals surface area contributed by atoms with Gasteiger partial charge in [-0.25, -0.2) is 4.39 Å². The quantitative estimate of drug-likeness (QED) is 0.433. The molecule has 1 fully saturated rings. The fourth-order valence-electron chi connectivity index (χ4n) is 2.76. The maximum Gasteiger partial charge on any atom is 0.293 e. The minimum absolute atomic E-state index is 0.0371. The zero-order valence-corrected chi connectivity index (χ0v) is 15.4. The third-order valence-corrected chi connectivity index (χ3v) is 4.15. The van der Waals surface area contributed by atoms with E-state index in [0.29, 0.717) is 43.2 Å². The van der Waals surface area contributed by atoms with Crippen molar-refractivity contribution < 1.29 is 23.7 Å². The zero-order chi connectivity index (χ0) is 20.6. The summed E-state index contributed by atoms with van der Waals surface area (Å²) in [7, 11) is 0. The first-order valence-corrected chi connectivity index (χ1v) is 8.85. The summed E-state index contributed by atoms with van der Waals surface area (Å²) < 4.78 is 18.1. The first-order valence-electron chi connectivity index (χ1n) is 8.85. The number of nitrogens with zero attached hydrogens (tertiary/aromatic N) is 3. The Morgan fingerprint density at radius 2 is 2.00 bits per heavy atom. The third-order valence-electron chi connectivity index (χ3n) is 4.15. The van der Waals surface area contributed by atoms with Gasteiger partial charge in [0.25, 0.3) is 11.6 Å². The fourth-order valence-corrected chi connectivity index (χ4v) is 2.76. The van der Waals surface area contributed by atoms with E-state index in [1.54, 1.807) is 12.1 Å². The zero-order valence-electron chi connectivity index (χ0n) is 15.4. The second-order valence-corrected chi connectivity index (χ2v) is 6.17. The number of rotatable bonds is 7. The lowest BCUT2D eigenvalue weighted by Crippen LogP contribution is -2.36. The highest BCUT2D eigenvalue weighted by Crippen LogP contribution is 2.29. The molecule has 0 spiro atoms. The second-order valence-electron chi connectivity index (χ2n) is 6.17. The molecule has 29 heavy (non-hydrogen) atoms. The maximum atomic E-state index is 12.8. The summed E-state index contributed by atoms with van der Waals surface area (Å²) >= 11 is 0. The van der Waals surface area contributed by atoms with Gasteiger partial charge < -0.3 is 19.8 Å². The summed E-state index contributed by atoms with van der Waals surface area (Å²) in [5.74, 6) is -0.875. The fraction of sp³-hybridized carbons (Fsp3) is 0.263. The van der Waals surface area contributed by atoms with E-state index >= 15 is 0 Å². The number of hydrogen-bond donors (Lipinski definition) is 1. The van der Waals surface area contributed by atoms with Crippen LogP contribution in [0.4, 0.5) is 21.5 Å². The van der Waals surface area contributed by atoms with Crippen LogP contribution in [-0.2, 0) is 14.4 Å². The van der Waals surface area contributed by atoms with Crippen molar-refractivity contribution in [2.45, 2.75) is 0 Å². The van der Waals surface area contributed by atoms with Crippen LogP contribution in [0, 0.1) is 15.9 Å². The van der Waals surface area contributed by atoms with Crippen LogP contribution < -0.4 is 10.2 Å². The molecule has 0 radical (unpaired) electrons. The summed E-state index contributed by atoms with van der Waals surface area (Å²) in [6.45, 7) is 1.85. The number of amides is 1. The Morgan fingerprint density at radius 1 is 1.28 bits per heavy atom. The molecular weight excluding hydrogens is 383 g/mol. The van der Waals surface area contributed by atoms with Crippen LogP contribution >= 0.6 is 0 Å². The van der Waals surface area contributed by atoms with Crippen LogP contribution in [0.1, 0.15) is 5.56 Å². The Labute approximate surface area is 165 Å². The Hall–Kier alpha value is -3.53. The number of anilines is 2. The number of hydrogen-bond acceptors (Lipinski definition) is 7. The van der Waals surface area contributed by atoms with Crippen LogP contribution in [0.3, 0.4) is 0 Å². The molecule has 3 rings (SSSR count). The van der Waals surface area contributed by atoms with E-state index in [2.05, 4.69) is 10.5 Å². The highest BCUT2D eigenvalue weighted by molar-refractivity contribution is 5.91. The summed E-state index contributed by atoms with van der Waals surface area (Å²) in [5, 5.41) is 17.6. The maximum absolute atomic E-state index is 12.8. The third kappa shape index (κ3) is 5.72. The number of benzene rings is 2. The van der Waals surface area contributed by atoms with E-state index in [1.807, 2.05) is 4.90 Å². The van der Waals surface area contributed by atoms with E-state index in [-0.39, 0.29) is 12.3 Å². The minimum atomic E-state index is -0.470. The molecule has 10 heteroatoms. The van der Waals surface area contributed by atoms with Crippen molar-refractivity contribution >= 4 is 29.2 Å². The number of oxime groups is 1. The number of carbonyl (C=O) groups is 1. The normalized spacial score (nSPS) is 14.0. The van der Waals surface area contributed by atoms with Gasteiger partial charge >= 0.3 is 0 Å². The monoisotopic (exact) mass is 402 g/mol. The van der Waals surface area contributed by atoms with Crippen molar-refractivity contribution in [3.05, 3.63) is 64.0 Å². The molecular formula is C19H19FN4O5. The van der Waals surface area contributed by atoms with E-state index < -0.39 is 16.6 Å². The van der Waals surface area contributed by atoms with Crippen LogP contribution in [0.15, 0.2) is 47.6 Å². The predicted molar refractivity (Wildman–Crippen MR) is 105 cm³/mol. The standard InChI is InChI=1S/C19H19FN4O5/c20-15-2-4-16(5-3-15)22-19(25)13-29-21-12-14-1-6-17(18(11-14)24(26)27)23-7-9-28-10-8-23/h1-6,11-12H,7-10,13H2,(H,22,25)/b21-12-. The summed E-state index contributed by atoms with van der Waals surface area (Å²) in [6, 6.07) is 10.0. The first kappa shape index (κ1) is 20.2. The van der Waals surface area contributed by atoms with Gasteiger partial charge in [-0.1, -0.05) is 11.2 Å². The molecule has 9 nitrogen and oxygen atoms in total. The molecule has 0 atom stereocenters. The number of halogens is 1. The first-order chi connectivity index (χ1) is 14.0. The Kier molecular flexibility index (Phi) is 6.69. The number of carbonyl (C=O) groups excluding carboxylic acids is 1. The summed E-state index contributed by atoms with van der Waals surface area (Å²) in [6.07, 6.45) is 1.29. The average molecular weight is 402 g/mol. The van der Waals surface area contributed by atoms with Gasteiger partial charge in [-0.3, -0.25) is 14.9 Å². The molecule has 0 saturated carbocycles. The van der Waals surface area contributed by atoms with Gasteiger partial charge in [0.2, 0.25) is 0 Å². The van der Waals surface area contributed by atoms with Crippen molar-refractivity contribution in [3.8, 4) is 0 Å². The van der Waals surface area contributed by atoms with Crippen molar-refractivity contribution in [2.24, 2.45) is 5.16 Å². The minimum Gasteiger partial charge on any atom is -0.386 e. The van der Waals surface area contributed by atoms with Crippen LogP contribution in [0.2, 0.25) is 0 Å². The molecule has 0 bridgehead atoms. The van der Waals surface area contributed by atoms with Crippen molar-refractivity contribution in [2.75, 3.05) is 43.1 Å². The molecule has 0 unspecified atom stereocenters. The van der Waals surface area contributed by atoms with Gasteiger partial charge in [-0.05, 0) is 30.3 Å². The Bertz CT molecular complexity index is 898.